The molecule has 0 aliphatic rings. The number of hydrogen-bond acceptors (Lipinski definition) is 3. The van der Waals surface area contributed by atoms with Crippen molar-refractivity contribution in [3.05, 3.63) is 58.0 Å². The van der Waals surface area contributed by atoms with E-state index in [-0.39, 0.29) is 34.3 Å². The Labute approximate surface area is 123 Å². The van der Waals surface area contributed by atoms with Gasteiger partial charge < -0.3 is 4.74 Å². The summed E-state index contributed by atoms with van der Waals surface area (Å²) in [6.45, 7) is -0.215. The minimum atomic E-state index is -2.71. The molecule has 2 aromatic rings. The summed E-state index contributed by atoms with van der Waals surface area (Å²) in [4.78, 5) is 3.73. The number of hydrogen-bond donors (Lipinski definition) is 0. The van der Waals surface area contributed by atoms with E-state index in [0.717, 1.165) is 18.2 Å². The van der Waals surface area contributed by atoms with Crippen molar-refractivity contribution in [2.24, 2.45) is 0 Å². The van der Waals surface area contributed by atoms with Gasteiger partial charge >= 0.3 is 0 Å². The lowest BCUT2D eigenvalue weighted by molar-refractivity contribution is 0.150. The fourth-order valence-electron chi connectivity index (χ4n) is 1.58. The second-order valence-corrected chi connectivity index (χ2v) is 4.46. The van der Waals surface area contributed by atoms with Gasteiger partial charge in [-0.05, 0) is 18.2 Å². The predicted octanol–water partition coefficient (Wildman–Crippen LogP) is 4.26. The van der Waals surface area contributed by atoms with Gasteiger partial charge in [0.15, 0.2) is 0 Å². The summed E-state index contributed by atoms with van der Waals surface area (Å²) in [7, 11) is 0. The standard InChI is InChI=1S/C14H8ClF3N2O/c15-12-4-10(14(17)18)5-13(20-12)21-7-9-2-1-8(6-19)3-11(9)16/h1-5,14H,7H2. The highest BCUT2D eigenvalue weighted by atomic mass is 35.5. The molecule has 0 spiro atoms. The first-order chi connectivity index (χ1) is 9.99. The van der Waals surface area contributed by atoms with Crippen LogP contribution in [0.4, 0.5) is 13.2 Å². The molecule has 1 aromatic carbocycles. The van der Waals surface area contributed by atoms with Gasteiger partial charge in [-0.1, -0.05) is 17.7 Å². The fraction of sp³-hybridized carbons (Fsp3) is 0.143. The summed E-state index contributed by atoms with van der Waals surface area (Å²) >= 11 is 5.61. The molecule has 1 aromatic heterocycles. The van der Waals surface area contributed by atoms with Crippen molar-refractivity contribution in [3.8, 4) is 11.9 Å². The van der Waals surface area contributed by atoms with Crippen LogP contribution >= 0.6 is 11.6 Å². The van der Waals surface area contributed by atoms with Crippen LogP contribution in [0.5, 0.6) is 5.88 Å². The second kappa shape index (κ2) is 6.46. The number of alkyl halides is 2. The monoisotopic (exact) mass is 312 g/mol. The maximum absolute atomic E-state index is 13.6. The molecule has 0 bridgehead atoms. The van der Waals surface area contributed by atoms with Gasteiger partial charge in [-0.25, -0.2) is 18.2 Å². The van der Waals surface area contributed by atoms with E-state index in [1.807, 2.05) is 0 Å². The molecule has 3 nitrogen and oxygen atoms in total. The Bertz CT molecular complexity index is 701. The number of rotatable bonds is 4. The highest BCUT2D eigenvalue weighted by Crippen LogP contribution is 2.25. The van der Waals surface area contributed by atoms with E-state index < -0.39 is 12.2 Å². The number of pyridine rings is 1. The third kappa shape index (κ3) is 3.86. The molecule has 0 amide bonds. The van der Waals surface area contributed by atoms with E-state index in [0.29, 0.717) is 0 Å². The highest BCUT2D eigenvalue weighted by Gasteiger charge is 2.12. The average molecular weight is 313 g/mol. The van der Waals surface area contributed by atoms with Crippen molar-refractivity contribution in [2.75, 3.05) is 0 Å². The Hall–Kier alpha value is -2.26. The van der Waals surface area contributed by atoms with Crippen LogP contribution in [0, 0.1) is 17.1 Å². The normalized spacial score (nSPS) is 10.5. The summed E-state index contributed by atoms with van der Waals surface area (Å²) in [6, 6.07) is 7.75. The molecule has 0 unspecified atom stereocenters. The molecule has 21 heavy (non-hydrogen) atoms. The average Bonchev–Trinajstić information content (AvgIpc) is 2.45. The summed E-state index contributed by atoms with van der Waals surface area (Å²) in [5.74, 6) is -0.744. The molecule has 0 aliphatic heterocycles. The lowest BCUT2D eigenvalue weighted by Gasteiger charge is -2.08. The smallest absolute Gasteiger partial charge is 0.264 e. The van der Waals surface area contributed by atoms with Crippen molar-refractivity contribution in [3.63, 3.8) is 0 Å². The number of nitrogens with zero attached hydrogens (tertiary/aromatic N) is 2. The van der Waals surface area contributed by atoms with Gasteiger partial charge in [0.05, 0.1) is 11.6 Å². The van der Waals surface area contributed by atoms with Crippen molar-refractivity contribution in [1.82, 2.24) is 4.98 Å². The van der Waals surface area contributed by atoms with Crippen LogP contribution in [0.3, 0.4) is 0 Å². The maximum Gasteiger partial charge on any atom is 0.264 e. The van der Waals surface area contributed by atoms with Crippen LogP contribution in [0.2, 0.25) is 5.15 Å². The maximum atomic E-state index is 13.6. The summed E-state index contributed by atoms with van der Waals surface area (Å²) in [5.41, 5.74) is 0.0248. The van der Waals surface area contributed by atoms with E-state index in [1.54, 1.807) is 6.07 Å². The van der Waals surface area contributed by atoms with Gasteiger partial charge in [0.1, 0.15) is 17.6 Å². The number of benzene rings is 1. The molecule has 0 radical (unpaired) electrons. The molecule has 0 saturated carbocycles. The van der Waals surface area contributed by atoms with Crippen molar-refractivity contribution < 1.29 is 17.9 Å². The molecule has 0 saturated heterocycles. The molecule has 2 rings (SSSR count). The zero-order valence-corrected chi connectivity index (χ0v) is 11.2. The first kappa shape index (κ1) is 15.1. The first-order valence-electron chi connectivity index (χ1n) is 5.76. The molecular weight excluding hydrogens is 305 g/mol. The molecule has 108 valence electrons. The molecule has 0 aliphatic carbocycles. The van der Waals surface area contributed by atoms with Gasteiger partial charge in [0.25, 0.3) is 6.43 Å². The zero-order chi connectivity index (χ0) is 15.4. The van der Waals surface area contributed by atoms with Gasteiger partial charge in [0, 0.05) is 17.2 Å². The third-order valence-electron chi connectivity index (χ3n) is 2.60. The van der Waals surface area contributed by atoms with Crippen LogP contribution in [-0.4, -0.2) is 4.98 Å². The minimum Gasteiger partial charge on any atom is -0.473 e. The Balaban J connectivity index is 2.15. The van der Waals surface area contributed by atoms with Gasteiger partial charge in [-0.2, -0.15) is 5.26 Å². The van der Waals surface area contributed by atoms with E-state index in [4.69, 9.17) is 21.6 Å². The molecule has 0 N–H and O–H groups in total. The van der Waals surface area contributed by atoms with E-state index in [9.17, 15) is 13.2 Å². The van der Waals surface area contributed by atoms with Gasteiger partial charge in [-0.3, -0.25) is 0 Å². The van der Waals surface area contributed by atoms with Crippen LogP contribution in [0.25, 0.3) is 0 Å². The van der Waals surface area contributed by atoms with Crippen molar-refractivity contribution in [1.29, 1.82) is 5.26 Å². The lowest BCUT2D eigenvalue weighted by Crippen LogP contribution is -2.01. The highest BCUT2D eigenvalue weighted by molar-refractivity contribution is 6.29. The number of nitriles is 1. The molecule has 0 atom stereocenters. The minimum absolute atomic E-state index is 0.124. The van der Waals surface area contributed by atoms with E-state index >= 15 is 0 Å². The molecule has 7 heteroatoms. The SMILES string of the molecule is N#Cc1ccc(COc2cc(C(F)F)cc(Cl)n2)c(F)c1. The van der Waals surface area contributed by atoms with Gasteiger partial charge in [-0.15, -0.1) is 0 Å². The third-order valence-corrected chi connectivity index (χ3v) is 2.80. The van der Waals surface area contributed by atoms with Crippen LogP contribution in [-0.2, 0) is 6.61 Å². The number of halogens is 4. The fourth-order valence-corrected chi connectivity index (χ4v) is 1.79. The number of aromatic nitrogens is 1. The first-order valence-corrected chi connectivity index (χ1v) is 6.14. The lowest BCUT2D eigenvalue weighted by atomic mass is 10.1. The van der Waals surface area contributed by atoms with E-state index in [1.165, 1.54) is 12.1 Å². The predicted molar refractivity (Wildman–Crippen MR) is 69.7 cm³/mol. The molecule has 0 fully saturated rings. The Morgan fingerprint density at radius 3 is 2.67 bits per heavy atom. The quantitative estimate of drug-likeness (QED) is 0.792. The Morgan fingerprint density at radius 1 is 1.29 bits per heavy atom. The molecule has 1 heterocycles. The molecular formula is C14H8ClF3N2O. The van der Waals surface area contributed by atoms with Crippen LogP contribution in [0.15, 0.2) is 30.3 Å². The summed E-state index contributed by atoms with van der Waals surface area (Å²) in [5, 5.41) is 8.49. The van der Waals surface area contributed by atoms with Crippen molar-refractivity contribution >= 4 is 11.6 Å². The topological polar surface area (TPSA) is 45.9 Å². The number of ether oxygens (including phenoxy) is 1. The summed E-state index contributed by atoms with van der Waals surface area (Å²) in [6.07, 6.45) is -2.71. The van der Waals surface area contributed by atoms with Gasteiger partial charge in [0.2, 0.25) is 5.88 Å². The van der Waals surface area contributed by atoms with Crippen molar-refractivity contribution in [2.45, 2.75) is 13.0 Å². The Morgan fingerprint density at radius 2 is 2.05 bits per heavy atom. The van der Waals surface area contributed by atoms with E-state index in [2.05, 4.69) is 4.98 Å². The van der Waals surface area contributed by atoms with Crippen LogP contribution in [0.1, 0.15) is 23.1 Å². The van der Waals surface area contributed by atoms with Crippen LogP contribution < -0.4 is 4.74 Å². The summed E-state index contributed by atoms with van der Waals surface area (Å²) < 4.78 is 44.0. The zero-order valence-electron chi connectivity index (χ0n) is 10.5. The largest absolute Gasteiger partial charge is 0.473 e. The second-order valence-electron chi connectivity index (χ2n) is 4.07. The Kier molecular flexibility index (Phi) is 4.66.